The third-order valence-electron chi connectivity index (χ3n) is 2.80. The van der Waals surface area contributed by atoms with Crippen LogP contribution in [0.25, 0.3) is 0 Å². The molecule has 3 heteroatoms. The number of carbonyl (C=O) groups excluding carboxylic acids is 1. The van der Waals surface area contributed by atoms with Crippen LogP contribution in [0.1, 0.15) is 22.8 Å². The fourth-order valence-electron chi connectivity index (χ4n) is 1.85. The molecular weight excluding hydrogens is 236 g/mol. The number of carbonyl (C=O) groups is 1. The minimum absolute atomic E-state index is 0.0522. The molecule has 1 amide bonds. The third-order valence-corrected chi connectivity index (χ3v) is 2.80. The van der Waals surface area contributed by atoms with Crippen LogP contribution in [0.4, 0.5) is 5.69 Å². The fraction of sp³-hybridized carbons (Fsp3) is 0.188. The predicted molar refractivity (Wildman–Crippen MR) is 78.2 cm³/mol. The van der Waals surface area contributed by atoms with Gasteiger partial charge in [-0.15, -0.1) is 0 Å². The standard InChI is InChI=1S/C16H18N2O/c1-2-17-15-10-6-9-14(11-15)16(19)18-12-13-7-4-3-5-8-13/h3-11,17H,2,12H2,1H3,(H,18,19). The van der Waals surface area contributed by atoms with Crippen LogP contribution in [-0.4, -0.2) is 12.5 Å². The molecule has 0 bridgehead atoms. The summed E-state index contributed by atoms with van der Waals surface area (Å²) in [4.78, 5) is 12.0. The summed E-state index contributed by atoms with van der Waals surface area (Å²) in [6.45, 7) is 3.42. The molecule has 0 atom stereocenters. The van der Waals surface area contributed by atoms with Crippen molar-refractivity contribution in [3.8, 4) is 0 Å². The topological polar surface area (TPSA) is 41.1 Å². The molecular formula is C16H18N2O. The van der Waals surface area contributed by atoms with Gasteiger partial charge in [-0.05, 0) is 30.7 Å². The quantitative estimate of drug-likeness (QED) is 0.861. The summed E-state index contributed by atoms with van der Waals surface area (Å²) in [7, 11) is 0. The first-order valence-corrected chi connectivity index (χ1v) is 6.45. The molecule has 0 radical (unpaired) electrons. The molecule has 0 aromatic heterocycles. The van der Waals surface area contributed by atoms with Gasteiger partial charge in [0.15, 0.2) is 0 Å². The number of hydrogen-bond acceptors (Lipinski definition) is 2. The zero-order chi connectivity index (χ0) is 13.5. The number of nitrogens with one attached hydrogen (secondary N) is 2. The first-order valence-electron chi connectivity index (χ1n) is 6.45. The van der Waals surface area contributed by atoms with Crippen LogP contribution in [0.15, 0.2) is 54.6 Å². The van der Waals surface area contributed by atoms with Crippen LogP contribution in [0.3, 0.4) is 0 Å². The van der Waals surface area contributed by atoms with Crippen LogP contribution in [0.5, 0.6) is 0 Å². The van der Waals surface area contributed by atoms with Gasteiger partial charge in [0.1, 0.15) is 0 Å². The van der Waals surface area contributed by atoms with Crippen molar-refractivity contribution in [2.45, 2.75) is 13.5 Å². The third kappa shape index (κ3) is 3.85. The van der Waals surface area contributed by atoms with Crippen LogP contribution in [0.2, 0.25) is 0 Å². The largest absolute Gasteiger partial charge is 0.385 e. The van der Waals surface area contributed by atoms with Gasteiger partial charge in [0.05, 0.1) is 0 Å². The van der Waals surface area contributed by atoms with Crippen LogP contribution >= 0.6 is 0 Å². The lowest BCUT2D eigenvalue weighted by molar-refractivity contribution is 0.0951. The lowest BCUT2D eigenvalue weighted by atomic mass is 10.1. The Kier molecular flexibility index (Phi) is 4.56. The maximum Gasteiger partial charge on any atom is 0.251 e. The Bertz CT molecular complexity index is 537. The van der Waals surface area contributed by atoms with Gasteiger partial charge in [-0.25, -0.2) is 0 Å². The van der Waals surface area contributed by atoms with E-state index in [2.05, 4.69) is 10.6 Å². The van der Waals surface area contributed by atoms with E-state index in [1.54, 1.807) is 0 Å². The maximum absolute atomic E-state index is 12.0. The van der Waals surface area contributed by atoms with E-state index in [-0.39, 0.29) is 5.91 Å². The molecule has 19 heavy (non-hydrogen) atoms. The van der Waals surface area contributed by atoms with Gasteiger partial charge in [0, 0.05) is 24.3 Å². The average Bonchev–Trinajstić information content (AvgIpc) is 2.46. The summed E-state index contributed by atoms with van der Waals surface area (Å²) < 4.78 is 0. The molecule has 0 saturated heterocycles. The smallest absolute Gasteiger partial charge is 0.251 e. The number of benzene rings is 2. The van der Waals surface area contributed by atoms with Crippen molar-refractivity contribution in [1.29, 1.82) is 0 Å². The van der Waals surface area contributed by atoms with Gasteiger partial charge in [-0.1, -0.05) is 36.4 Å². The summed E-state index contributed by atoms with van der Waals surface area (Å²) in [6, 6.07) is 17.4. The zero-order valence-electron chi connectivity index (χ0n) is 11.0. The molecule has 3 nitrogen and oxygen atoms in total. The monoisotopic (exact) mass is 254 g/mol. The van der Waals surface area contributed by atoms with E-state index in [4.69, 9.17) is 0 Å². The van der Waals surface area contributed by atoms with E-state index in [9.17, 15) is 4.79 Å². The van der Waals surface area contributed by atoms with E-state index in [1.807, 2.05) is 61.5 Å². The molecule has 0 aliphatic heterocycles. The highest BCUT2D eigenvalue weighted by Gasteiger charge is 2.05. The summed E-state index contributed by atoms with van der Waals surface area (Å²) in [5, 5.41) is 6.11. The Labute approximate surface area is 113 Å². The second-order valence-electron chi connectivity index (χ2n) is 4.28. The van der Waals surface area contributed by atoms with Gasteiger partial charge in [-0.2, -0.15) is 0 Å². The van der Waals surface area contributed by atoms with Gasteiger partial charge in [-0.3, -0.25) is 4.79 Å². The fourth-order valence-corrected chi connectivity index (χ4v) is 1.85. The molecule has 0 unspecified atom stereocenters. The number of amides is 1. The highest BCUT2D eigenvalue weighted by Crippen LogP contribution is 2.10. The molecule has 0 fully saturated rings. The maximum atomic E-state index is 12.0. The van der Waals surface area contributed by atoms with Crippen molar-refractivity contribution in [2.75, 3.05) is 11.9 Å². The Morgan fingerprint density at radius 2 is 1.84 bits per heavy atom. The predicted octanol–water partition coefficient (Wildman–Crippen LogP) is 3.05. The van der Waals surface area contributed by atoms with E-state index < -0.39 is 0 Å². The Balaban J connectivity index is 1.98. The van der Waals surface area contributed by atoms with E-state index in [0.717, 1.165) is 17.8 Å². The molecule has 2 aromatic carbocycles. The highest BCUT2D eigenvalue weighted by molar-refractivity contribution is 5.95. The van der Waals surface area contributed by atoms with Crippen molar-refractivity contribution in [3.63, 3.8) is 0 Å². The van der Waals surface area contributed by atoms with Gasteiger partial charge >= 0.3 is 0 Å². The van der Waals surface area contributed by atoms with E-state index in [1.165, 1.54) is 0 Å². The first-order chi connectivity index (χ1) is 9.29. The van der Waals surface area contributed by atoms with E-state index >= 15 is 0 Å². The van der Waals surface area contributed by atoms with Gasteiger partial charge in [0.25, 0.3) is 5.91 Å². The number of hydrogen-bond donors (Lipinski definition) is 2. The van der Waals surface area contributed by atoms with Crippen molar-refractivity contribution in [1.82, 2.24) is 5.32 Å². The highest BCUT2D eigenvalue weighted by atomic mass is 16.1. The van der Waals surface area contributed by atoms with Crippen LogP contribution in [-0.2, 0) is 6.54 Å². The lowest BCUT2D eigenvalue weighted by Crippen LogP contribution is -2.22. The minimum atomic E-state index is -0.0522. The van der Waals surface area contributed by atoms with Crippen molar-refractivity contribution < 1.29 is 4.79 Å². The first kappa shape index (κ1) is 13.1. The van der Waals surface area contributed by atoms with Crippen LogP contribution < -0.4 is 10.6 Å². The van der Waals surface area contributed by atoms with Crippen molar-refractivity contribution in [2.24, 2.45) is 0 Å². The SMILES string of the molecule is CCNc1cccc(C(=O)NCc2ccccc2)c1. The molecule has 2 aromatic rings. The summed E-state index contributed by atoms with van der Waals surface area (Å²) in [6.07, 6.45) is 0. The Hall–Kier alpha value is -2.29. The molecule has 98 valence electrons. The molecule has 2 N–H and O–H groups in total. The van der Waals surface area contributed by atoms with Crippen molar-refractivity contribution >= 4 is 11.6 Å². The van der Waals surface area contributed by atoms with Gasteiger partial charge in [0.2, 0.25) is 0 Å². The Morgan fingerprint density at radius 1 is 1.05 bits per heavy atom. The summed E-state index contributed by atoms with van der Waals surface area (Å²) in [5.41, 5.74) is 2.74. The second-order valence-corrected chi connectivity index (χ2v) is 4.28. The molecule has 2 rings (SSSR count). The number of anilines is 1. The van der Waals surface area contributed by atoms with Gasteiger partial charge < -0.3 is 10.6 Å². The normalized spacial score (nSPS) is 9.95. The summed E-state index contributed by atoms with van der Waals surface area (Å²) in [5.74, 6) is -0.0522. The lowest BCUT2D eigenvalue weighted by Gasteiger charge is -2.08. The minimum Gasteiger partial charge on any atom is -0.385 e. The number of rotatable bonds is 5. The van der Waals surface area contributed by atoms with Crippen molar-refractivity contribution in [3.05, 3.63) is 65.7 Å². The summed E-state index contributed by atoms with van der Waals surface area (Å²) >= 11 is 0. The zero-order valence-corrected chi connectivity index (χ0v) is 11.0. The average molecular weight is 254 g/mol. The molecule has 0 aliphatic rings. The molecule has 0 heterocycles. The molecule has 0 spiro atoms. The second kappa shape index (κ2) is 6.59. The molecule has 0 saturated carbocycles. The molecule has 0 aliphatic carbocycles. The van der Waals surface area contributed by atoms with E-state index in [0.29, 0.717) is 12.1 Å². The van der Waals surface area contributed by atoms with Crippen LogP contribution in [0, 0.1) is 0 Å². The Morgan fingerprint density at radius 3 is 2.58 bits per heavy atom.